The lowest BCUT2D eigenvalue weighted by molar-refractivity contribution is -0.0672. The number of nitrogens with one attached hydrogen (secondary N) is 1. The lowest BCUT2D eigenvalue weighted by atomic mass is 10.2. The molecule has 156 valence electrons. The quantitative estimate of drug-likeness (QED) is 0.703. The van der Waals surface area contributed by atoms with Crippen LogP contribution in [0.1, 0.15) is 24.2 Å². The van der Waals surface area contributed by atoms with Crippen LogP contribution in [-0.2, 0) is 4.74 Å². The Morgan fingerprint density at radius 1 is 1.10 bits per heavy atom. The Balaban J connectivity index is 1.39. The molecule has 1 aliphatic heterocycles. The number of amides is 1. The van der Waals surface area contributed by atoms with E-state index in [1.807, 2.05) is 18.2 Å². The molecule has 0 bridgehead atoms. The van der Waals surface area contributed by atoms with Gasteiger partial charge >= 0.3 is 0 Å². The number of aromatic nitrogens is 2. The van der Waals surface area contributed by atoms with Gasteiger partial charge in [-0.1, -0.05) is 12.1 Å². The Morgan fingerprint density at radius 2 is 1.80 bits per heavy atom. The van der Waals surface area contributed by atoms with E-state index in [4.69, 9.17) is 4.74 Å². The Labute approximate surface area is 175 Å². The highest BCUT2D eigenvalue weighted by molar-refractivity contribution is 5.94. The Kier molecular flexibility index (Phi) is 5.92. The monoisotopic (exact) mass is 406 g/mol. The zero-order valence-electron chi connectivity index (χ0n) is 17.2. The van der Waals surface area contributed by atoms with Crippen LogP contribution < -0.4 is 10.9 Å². The number of benzene rings is 2. The van der Waals surface area contributed by atoms with E-state index in [-0.39, 0.29) is 23.7 Å². The van der Waals surface area contributed by atoms with Gasteiger partial charge in [-0.15, -0.1) is 0 Å². The van der Waals surface area contributed by atoms with Crippen molar-refractivity contribution in [3.05, 3.63) is 70.8 Å². The van der Waals surface area contributed by atoms with E-state index < -0.39 is 0 Å². The lowest BCUT2D eigenvalue weighted by Crippen LogP contribution is -2.47. The summed E-state index contributed by atoms with van der Waals surface area (Å²) in [7, 11) is 0. The van der Waals surface area contributed by atoms with Gasteiger partial charge in [0.05, 0.1) is 28.8 Å². The van der Waals surface area contributed by atoms with Gasteiger partial charge in [0.2, 0.25) is 0 Å². The highest BCUT2D eigenvalue weighted by Crippen LogP contribution is 2.12. The summed E-state index contributed by atoms with van der Waals surface area (Å²) >= 11 is 0. The Hall–Kier alpha value is -3.03. The predicted octanol–water partition coefficient (Wildman–Crippen LogP) is 2.22. The van der Waals surface area contributed by atoms with Gasteiger partial charge in [-0.2, -0.15) is 0 Å². The molecular weight excluding hydrogens is 380 g/mol. The fourth-order valence-corrected chi connectivity index (χ4v) is 3.92. The molecule has 0 radical (unpaired) electrons. The second kappa shape index (κ2) is 8.77. The first-order chi connectivity index (χ1) is 14.5. The van der Waals surface area contributed by atoms with Gasteiger partial charge < -0.3 is 10.1 Å². The summed E-state index contributed by atoms with van der Waals surface area (Å²) < 4.78 is 7.23. The maximum Gasteiger partial charge on any atom is 0.265 e. The smallest absolute Gasteiger partial charge is 0.265 e. The number of hydrogen-bond acceptors (Lipinski definition) is 5. The largest absolute Gasteiger partial charge is 0.373 e. The van der Waals surface area contributed by atoms with Crippen molar-refractivity contribution in [1.82, 2.24) is 19.8 Å². The van der Waals surface area contributed by atoms with Crippen molar-refractivity contribution in [3.8, 4) is 5.69 Å². The molecule has 7 heteroatoms. The highest BCUT2D eigenvalue weighted by Gasteiger charge is 2.21. The summed E-state index contributed by atoms with van der Waals surface area (Å²) in [6.45, 7) is 7.26. The number of rotatable bonds is 5. The van der Waals surface area contributed by atoms with Crippen molar-refractivity contribution in [2.45, 2.75) is 26.1 Å². The molecule has 2 atom stereocenters. The van der Waals surface area contributed by atoms with Gasteiger partial charge in [-0.25, -0.2) is 4.98 Å². The molecular formula is C23H26N4O3. The summed E-state index contributed by atoms with van der Waals surface area (Å²) in [4.78, 5) is 31.8. The topological polar surface area (TPSA) is 76.5 Å². The van der Waals surface area contributed by atoms with Crippen LogP contribution in [0.2, 0.25) is 0 Å². The van der Waals surface area contributed by atoms with E-state index in [1.54, 1.807) is 30.3 Å². The lowest BCUT2D eigenvalue weighted by Gasteiger charge is -2.35. The van der Waals surface area contributed by atoms with Crippen LogP contribution in [0, 0.1) is 0 Å². The summed E-state index contributed by atoms with van der Waals surface area (Å²) in [6.07, 6.45) is 1.94. The van der Waals surface area contributed by atoms with Crippen LogP contribution in [0.5, 0.6) is 0 Å². The molecule has 1 fully saturated rings. The Morgan fingerprint density at radius 3 is 2.53 bits per heavy atom. The van der Waals surface area contributed by atoms with Crippen molar-refractivity contribution >= 4 is 16.8 Å². The minimum Gasteiger partial charge on any atom is -0.373 e. The number of carbonyl (C=O) groups excluding carboxylic acids is 1. The maximum atomic E-state index is 12.7. The van der Waals surface area contributed by atoms with Crippen LogP contribution >= 0.6 is 0 Å². The van der Waals surface area contributed by atoms with Crippen molar-refractivity contribution in [3.63, 3.8) is 0 Å². The van der Waals surface area contributed by atoms with Crippen molar-refractivity contribution < 1.29 is 9.53 Å². The molecule has 1 aliphatic rings. The van der Waals surface area contributed by atoms with Crippen LogP contribution in [0.4, 0.5) is 0 Å². The number of para-hydroxylation sites is 1. The van der Waals surface area contributed by atoms with Gasteiger partial charge in [0.25, 0.3) is 11.5 Å². The summed E-state index contributed by atoms with van der Waals surface area (Å²) in [5, 5.41) is 3.53. The molecule has 4 rings (SSSR count). The molecule has 2 unspecified atom stereocenters. The highest BCUT2D eigenvalue weighted by atomic mass is 16.5. The molecule has 0 aliphatic carbocycles. The van der Waals surface area contributed by atoms with Crippen molar-refractivity contribution in [1.29, 1.82) is 0 Å². The van der Waals surface area contributed by atoms with Gasteiger partial charge in [0.1, 0.15) is 6.33 Å². The average molecular weight is 406 g/mol. The van der Waals surface area contributed by atoms with Crippen LogP contribution in [0.25, 0.3) is 16.6 Å². The first kappa shape index (κ1) is 20.3. The molecule has 1 amide bonds. The average Bonchev–Trinajstić information content (AvgIpc) is 2.74. The SMILES string of the molecule is CC1CN(CCNC(=O)c2ccc(-n3cnc4ccccc4c3=O)cc2)CC(C)O1. The third-order valence-electron chi connectivity index (χ3n) is 5.28. The van der Waals surface area contributed by atoms with E-state index in [9.17, 15) is 9.59 Å². The molecule has 30 heavy (non-hydrogen) atoms. The molecule has 1 saturated heterocycles. The zero-order valence-corrected chi connectivity index (χ0v) is 17.2. The third kappa shape index (κ3) is 4.42. The Bertz CT molecular complexity index is 1080. The predicted molar refractivity (Wildman–Crippen MR) is 116 cm³/mol. The molecule has 0 saturated carbocycles. The molecule has 0 spiro atoms. The molecule has 1 aromatic heterocycles. The summed E-state index contributed by atoms with van der Waals surface area (Å²) in [6, 6.07) is 14.2. The van der Waals surface area contributed by atoms with Gasteiger partial charge in [-0.3, -0.25) is 19.1 Å². The molecule has 1 N–H and O–H groups in total. The number of ether oxygens (including phenoxy) is 1. The minimum atomic E-state index is -0.133. The molecule has 3 aromatic rings. The number of carbonyl (C=O) groups is 1. The van der Waals surface area contributed by atoms with E-state index in [2.05, 4.69) is 29.0 Å². The van der Waals surface area contributed by atoms with Gasteiger partial charge in [0.15, 0.2) is 0 Å². The van der Waals surface area contributed by atoms with Gasteiger partial charge in [0, 0.05) is 31.7 Å². The third-order valence-corrected chi connectivity index (χ3v) is 5.28. The fourth-order valence-electron chi connectivity index (χ4n) is 3.92. The molecule has 2 heterocycles. The zero-order chi connectivity index (χ0) is 21.1. The van der Waals surface area contributed by atoms with Gasteiger partial charge in [-0.05, 0) is 50.2 Å². The summed E-state index contributed by atoms with van der Waals surface area (Å²) in [5.74, 6) is -0.125. The van der Waals surface area contributed by atoms with Crippen LogP contribution in [-0.4, -0.2) is 58.7 Å². The van der Waals surface area contributed by atoms with E-state index >= 15 is 0 Å². The number of hydrogen-bond donors (Lipinski definition) is 1. The van der Waals surface area contributed by atoms with E-state index in [1.165, 1.54) is 10.9 Å². The molecule has 7 nitrogen and oxygen atoms in total. The molecule has 2 aromatic carbocycles. The normalized spacial score (nSPS) is 19.7. The fraction of sp³-hybridized carbons (Fsp3) is 0.348. The van der Waals surface area contributed by atoms with E-state index in [0.29, 0.717) is 28.7 Å². The van der Waals surface area contributed by atoms with Crippen molar-refractivity contribution in [2.75, 3.05) is 26.2 Å². The first-order valence-electron chi connectivity index (χ1n) is 10.2. The first-order valence-corrected chi connectivity index (χ1v) is 10.2. The van der Waals surface area contributed by atoms with Crippen LogP contribution in [0.15, 0.2) is 59.7 Å². The van der Waals surface area contributed by atoms with Crippen molar-refractivity contribution in [2.24, 2.45) is 0 Å². The summed E-state index contributed by atoms with van der Waals surface area (Å²) in [5.41, 5.74) is 1.76. The number of fused-ring (bicyclic) bond motifs is 1. The second-order valence-corrected chi connectivity index (χ2v) is 7.76. The second-order valence-electron chi connectivity index (χ2n) is 7.76. The number of morpholine rings is 1. The minimum absolute atomic E-state index is 0.125. The van der Waals surface area contributed by atoms with Crippen LogP contribution in [0.3, 0.4) is 0 Å². The standard InChI is InChI=1S/C23H26N4O3/c1-16-13-26(14-17(2)30-16)12-11-24-22(28)18-7-9-19(10-8-18)27-15-25-21-6-4-3-5-20(21)23(27)29/h3-10,15-17H,11-14H2,1-2H3,(H,24,28). The van der Waals surface area contributed by atoms with E-state index in [0.717, 1.165) is 19.6 Å². The number of nitrogens with zero attached hydrogens (tertiary/aromatic N) is 3. The maximum absolute atomic E-state index is 12.7.